The Balaban J connectivity index is 0.00000289. The van der Waals surface area contributed by atoms with Crippen LogP contribution in [0.2, 0.25) is 0 Å². The number of nitrogens with two attached hydrogens (primary N) is 1. The smallest absolute Gasteiger partial charge is 0.330 e. The van der Waals surface area contributed by atoms with Gasteiger partial charge in [0.25, 0.3) is 0 Å². The van der Waals surface area contributed by atoms with Crippen molar-refractivity contribution in [3.63, 3.8) is 0 Å². The Labute approximate surface area is 116 Å². The molecule has 0 aromatic heterocycles. The summed E-state index contributed by atoms with van der Waals surface area (Å²) in [5.74, 6) is -0.418. The predicted octanol–water partition coefficient (Wildman–Crippen LogP) is 3.18. The first-order valence-corrected chi connectivity index (χ1v) is 5.50. The Morgan fingerprint density at radius 1 is 1.33 bits per heavy atom. The molecule has 0 saturated carbocycles. The average Bonchev–Trinajstić information content (AvgIpc) is 2.15. The summed E-state index contributed by atoms with van der Waals surface area (Å²) in [5, 5.41) is 2.35. The van der Waals surface area contributed by atoms with Crippen LogP contribution in [0.15, 0.2) is 22.7 Å². The molecule has 3 nitrogen and oxygen atoms in total. The maximum Gasteiger partial charge on any atom is 0.416 e. The lowest BCUT2D eigenvalue weighted by molar-refractivity contribution is -0.137. The maximum atomic E-state index is 12.5. The van der Waals surface area contributed by atoms with E-state index in [4.69, 9.17) is 5.73 Å². The van der Waals surface area contributed by atoms with E-state index in [1.54, 1.807) is 0 Å². The number of rotatable bonds is 3. The van der Waals surface area contributed by atoms with Gasteiger partial charge in [-0.15, -0.1) is 12.4 Å². The van der Waals surface area contributed by atoms with Crippen molar-refractivity contribution in [1.29, 1.82) is 0 Å². The van der Waals surface area contributed by atoms with Gasteiger partial charge in [-0.3, -0.25) is 4.79 Å². The number of alkyl halides is 3. The molecule has 0 atom stereocenters. The van der Waals surface area contributed by atoms with Crippen LogP contribution in [0.1, 0.15) is 12.0 Å². The maximum absolute atomic E-state index is 12.5. The standard InChI is InChI=1S/C10H10BrF3N2O.ClH/c11-7-3-6(10(12,13)14)4-8(5-7)16-9(17)1-2-15;/h3-5H,1-2,15H2,(H,16,17);1H. The van der Waals surface area contributed by atoms with Gasteiger partial charge < -0.3 is 11.1 Å². The minimum Gasteiger partial charge on any atom is -0.330 e. The summed E-state index contributed by atoms with van der Waals surface area (Å²) in [6.45, 7) is 0.145. The average molecular weight is 348 g/mol. The second-order valence-electron chi connectivity index (χ2n) is 3.31. The first kappa shape index (κ1) is 17.2. The van der Waals surface area contributed by atoms with Gasteiger partial charge in [0.1, 0.15) is 0 Å². The molecule has 18 heavy (non-hydrogen) atoms. The van der Waals surface area contributed by atoms with E-state index in [1.807, 2.05) is 0 Å². The van der Waals surface area contributed by atoms with Crippen LogP contribution in [-0.2, 0) is 11.0 Å². The lowest BCUT2D eigenvalue weighted by Crippen LogP contribution is -2.16. The molecule has 0 unspecified atom stereocenters. The van der Waals surface area contributed by atoms with E-state index in [2.05, 4.69) is 21.2 Å². The quantitative estimate of drug-likeness (QED) is 0.882. The largest absolute Gasteiger partial charge is 0.416 e. The molecule has 1 aromatic rings. The molecule has 1 rings (SSSR count). The Morgan fingerprint density at radius 3 is 2.44 bits per heavy atom. The lowest BCUT2D eigenvalue weighted by atomic mass is 10.2. The molecule has 3 N–H and O–H groups in total. The zero-order valence-electron chi connectivity index (χ0n) is 9.05. The van der Waals surface area contributed by atoms with Crippen LogP contribution < -0.4 is 11.1 Å². The highest BCUT2D eigenvalue weighted by Crippen LogP contribution is 2.33. The first-order chi connectivity index (χ1) is 7.82. The number of carbonyl (C=O) groups is 1. The summed E-state index contributed by atoms with van der Waals surface area (Å²) < 4.78 is 37.7. The Bertz CT molecular complexity index is 426. The summed E-state index contributed by atoms with van der Waals surface area (Å²) in [6, 6.07) is 3.21. The summed E-state index contributed by atoms with van der Waals surface area (Å²) in [4.78, 5) is 11.2. The molecular weight excluding hydrogens is 336 g/mol. The minimum atomic E-state index is -4.45. The van der Waals surface area contributed by atoms with Crippen molar-refractivity contribution in [1.82, 2.24) is 0 Å². The number of carbonyl (C=O) groups excluding carboxylic acids is 1. The first-order valence-electron chi connectivity index (χ1n) is 4.70. The number of hydrogen-bond donors (Lipinski definition) is 2. The van der Waals surface area contributed by atoms with Crippen LogP contribution in [0.4, 0.5) is 18.9 Å². The molecule has 0 aliphatic heterocycles. The molecular formula is C10H11BrClF3N2O. The fourth-order valence-electron chi connectivity index (χ4n) is 1.18. The molecule has 0 saturated heterocycles. The molecule has 0 aliphatic carbocycles. The van der Waals surface area contributed by atoms with Crippen molar-refractivity contribution in [2.75, 3.05) is 11.9 Å². The summed E-state index contributed by atoms with van der Waals surface area (Å²) in [5.41, 5.74) is 4.43. The van der Waals surface area contributed by atoms with Crippen LogP contribution in [-0.4, -0.2) is 12.5 Å². The van der Waals surface area contributed by atoms with Gasteiger partial charge in [-0.2, -0.15) is 13.2 Å². The molecule has 0 aliphatic rings. The Morgan fingerprint density at radius 2 is 1.94 bits per heavy atom. The zero-order chi connectivity index (χ0) is 13.1. The van der Waals surface area contributed by atoms with Crippen molar-refractivity contribution in [2.24, 2.45) is 5.73 Å². The highest BCUT2D eigenvalue weighted by molar-refractivity contribution is 9.10. The molecule has 0 heterocycles. The van der Waals surface area contributed by atoms with E-state index in [0.29, 0.717) is 0 Å². The zero-order valence-corrected chi connectivity index (χ0v) is 11.5. The van der Waals surface area contributed by atoms with Crippen molar-refractivity contribution in [3.8, 4) is 0 Å². The number of anilines is 1. The van der Waals surface area contributed by atoms with Crippen molar-refractivity contribution in [3.05, 3.63) is 28.2 Å². The number of benzene rings is 1. The molecule has 0 radical (unpaired) electrons. The summed E-state index contributed by atoms with van der Waals surface area (Å²) >= 11 is 2.96. The fourth-order valence-corrected chi connectivity index (χ4v) is 1.67. The topological polar surface area (TPSA) is 55.1 Å². The van der Waals surface area contributed by atoms with Gasteiger partial charge in [0, 0.05) is 23.1 Å². The molecule has 0 spiro atoms. The second-order valence-corrected chi connectivity index (χ2v) is 4.23. The van der Waals surface area contributed by atoms with E-state index in [-0.39, 0.29) is 35.5 Å². The van der Waals surface area contributed by atoms with Crippen LogP contribution in [0.5, 0.6) is 0 Å². The highest BCUT2D eigenvalue weighted by atomic mass is 79.9. The van der Waals surface area contributed by atoms with Gasteiger partial charge in [0.15, 0.2) is 0 Å². The van der Waals surface area contributed by atoms with Crippen molar-refractivity contribution >= 4 is 39.9 Å². The van der Waals surface area contributed by atoms with Gasteiger partial charge in [0.2, 0.25) is 5.91 Å². The number of nitrogens with one attached hydrogen (secondary N) is 1. The molecule has 1 amide bonds. The molecule has 8 heteroatoms. The van der Waals surface area contributed by atoms with Gasteiger partial charge in [0.05, 0.1) is 5.56 Å². The third-order valence-corrected chi connectivity index (χ3v) is 2.34. The number of halogens is 5. The third-order valence-electron chi connectivity index (χ3n) is 1.88. The van der Waals surface area contributed by atoms with Gasteiger partial charge in [-0.1, -0.05) is 15.9 Å². The number of hydrogen-bond acceptors (Lipinski definition) is 2. The van der Waals surface area contributed by atoms with Crippen LogP contribution >= 0.6 is 28.3 Å². The van der Waals surface area contributed by atoms with E-state index >= 15 is 0 Å². The third kappa shape index (κ3) is 5.24. The summed E-state index contributed by atoms with van der Waals surface area (Å²) in [6.07, 6.45) is -4.38. The van der Waals surface area contributed by atoms with E-state index in [0.717, 1.165) is 12.1 Å². The van der Waals surface area contributed by atoms with Gasteiger partial charge >= 0.3 is 6.18 Å². The van der Waals surface area contributed by atoms with Crippen molar-refractivity contribution < 1.29 is 18.0 Å². The van der Waals surface area contributed by atoms with Crippen molar-refractivity contribution in [2.45, 2.75) is 12.6 Å². The molecule has 102 valence electrons. The summed E-state index contributed by atoms with van der Waals surface area (Å²) in [7, 11) is 0. The predicted molar refractivity (Wildman–Crippen MR) is 68.7 cm³/mol. The second kappa shape index (κ2) is 6.96. The lowest BCUT2D eigenvalue weighted by Gasteiger charge is -2.10. The molecule has 1 aromatic carbocycles. The Kier molecular flexibility index (Phi) is 6.66. The minimum absolute atomic E-state index is 0. The van der Waals surface area contributed by atoms with Crippen LogP contribution in [0.25, 0.3) is 0 Å². The monoisotopic (exact) mass is 346 g/mol. The number of amides is 1. The molecule has 0 bridgehead atoms. The SMILES string of the molecule is Cl.NCCC(=O)Nc1cc(Br)cc(C(F)(F)F)c1. The van der Waals surface area contributed by atoms with Gasteiger partial charge in [-0.05, 0) is 18.2 Å². The Hall–Kier alpha value is -0.790. The van der Waals surface area contributed by atoms with Crippen LogP contribution in [0.3, 0.4) is 0 Å². The van der Waals surface area contributed by atoms with E-state index < -0.39 is 17.6 Å². The highest BCUT2D eigenvalue weighted by Gasteiger charge is 2.31. The van der Waals surface area contributed by atoms with Gasteiger partial charge in [-0.25, -0.2) is 0 Å². The van der Waals surface area contributed by atoms with E-state index in [1.165, 1.54) is 6.07 Å². The van der Waals surface area contributed by atoms with Crippen LogP contribution in [0, 0.1) is 0 Å². The normalized spacial score (nSPS) is 10.7. The van der Waals surface area contributed by atoms with E-state index in [9.17, 15) is 18.0 Å². The fraction of sp³-hybridized carbons (Fsp3) is 0.300. The molecule has 0 fully saturated rings.